The van der Waals surface area contributed by atoms with Gasteiger partial charge in [0.2, 0.25) is 0 Å². The summed E-state index contributed by atoms with van der Waals surface area (Å²) in [5, 5.41) is 15.9. The Labute approximate surface area is 78.5 Å². The topological polar surface area (TPSA) is 100 Å². The third-order valence-corrected chi connectivity index (χ3v) is 1.85. The van der Waals surface area contributed by atoms with E-state index >= 15 is 0 Å². The summed E-state index contributed by atoms with van der Waals surface area (Å²) in [5.74, 6) is -1.02. The number of aromatic nitrogens is 1. The number of rotatable bonds is 2. The van der Waals surface area contributed by atoms with Gasteiger partial charge in [0.15, 0.2) is 5.17 Å². The lowest BCUT2D eigenvalue weighted by atomic mass is 10.3. The summed E-state index contributed by atoms with van der Waals surface area (Å²) in [5.41, 5.74) is 5.25. The van der Waals surface area contributed by atoms with Crippen LogP contribution in [-0.4, -0.2) is 21.2 Å². The van der Waals surface area contributed by atoms with E-state index in [0.29, 0.717) is 5.03 Å². The molecule has 0 bridgehead atoms. The number of amidine groups is 1. The largest absolute Gasteiger partial charge is 0.478 e. The van der Waals surface area contributed by atoms with Crippen LogP contribution in [0.5, 0.6) is 0 Å². The van der Waals surface area contributed by atoms with E-state index in [9.17, 15) is 4.79 Å². The van der Waals surface area contributed by atoms with E-state index in [-0.39, 0.29) is 10.7 Å². The first-order valence-corrected chi connectivity index (χ1v) is 4.12. The lowest BCUT2D eigenvalue weighted by Crippen LogP contribution is -2.04. The molecule has 0 unspecified atom stereocenters. The van der Waals surface area contributed by atoms with E-state index < -0.39 is 5.97 Å². The molecule has 0 spiro atoms. The van der Waals surface area contributed by atoms with Gasteiger partial charge in [-0.3, -0.25) is 5.41 Å². The van der Waals surface area contributed by atoms with Crippen LogP contribution in [0.15, 0.2) is 23.4 Å². The number of carbonyl (C=O) groups is 1. The molecule has 6 heteroatoms. The maximum atomic E-state index is 10.5. The highest BCUT2D eigenvalue weighted by Gasteiger charge is 2.04. The van der Waals surface area contributed by atoms with Crippen molar-refractivity contribution in [1.82, 2.24) is 4.98 Å². The van der Waals surface area contributed by atoms with Crippen LogP contribution in [0.25, 0.3) is 0 Å². The molecule has 0 saturated heterocycles. The molecular weight excluding hydrogens is 190 g/mol. The quantitative estimate of drug-likeness (QED) is 0.369. The summed E-state index contributed by atoms with van der Waals surface area (Å²) in [6.07, 6.45) is 1.37. The highest BCUT2D eigenvalue weighted by atomic mass is 32.2. The molecule has 0 aliphatic carbocycles. The van der Waals surface area contributed by atoms with Crippen LogP contribution in [0.1, 0.15) is 10.4 Å². The fourth-order valence-electron chi connectivity index (χ4n) is 0.711. The van der Waals surface area contributed by atoms with E-state index in [1.807, 2.05) is 0 Å². The standard InChI is InChI=1S/C7H7N3O2S/c8-7(9)13-5-3-4(6(11)12)1-2-10-5/h1-3H,(H3,8,9)(H,11,12). The molecule has 0 amide bonds. The van der Waals surface area contributed by atoms with Gasteiger partial charge in [0, 0.05) is 6.20 Å². The Morgan fingerprint density at radius 1 is 1.69 bits per heavy atom. The van der Waals surface area contributed by atoms with Crippen molar-refractivity contribution >= 4 is 22.9 Å². The van der Waals surface area contributed by atoms with Gasteiger partial charge in [0.1, 0.15) is 5.03 Å². The van der Waals surface area contributed by atoms with Crippen LogP contribution in [0.3, 0.4) is 0 Å². The summed E-state index contributed by atoms with van der Waals surface area (Å²) in [7, 11) is 0. The lowest BCUT2D eigenvalue weighted by Gasteiger charge is -1.98. The fourth-order valence-corrected chi connectivity index (χ4v) is 1.24. The van der Waals surface area contributed by atoms with Crippen molar-refractivity contribution in [3.05, 3.63) is 23.9 Å². The van der Waals surface area contributed by atoms with Gasteiger partial charge in [0.05, 0.1) is 5.56 Å². The van der Waals surface area contributed by atoms with Gasteiger partial charge in [-0.25, -0.2) is 9.78 Å². The molecule has 13 heavy (non-hydrogen) atoms. The molecule has 1 aromatic heterocycles. The third kappa shape index (κ3) is 2.75. The average molecular weight is 197 g/mol. The number of carboxylic acids is 1. The molecule has 4 N–H and O–H groups in total. The Balaban J connectivity index is 2.91. The number of carboxylic acid groups (broad SMARTS) is 1. The van der Waals surface area contributed by atoms with Crippen LogP contribution >= 0.6 is 11.8 Å². The Bertz CT molecular complexity index is 353. The number of nitrogens with zero attached hydrogens (tertiary/aromatic N) is 1. The van der Waals surface area contributed by atoms with Gasteiger partial charge in [-0.05, 0) is 23.9 Å². The zero-order chi connectivity index (χ0) is 9.84. The van der Waals surface area contributed by atoms with Crippen molar-refractivity contribution in [3.63, 3.8) is 0 Å². The summed E-state index contributed by atoms with van der Waals surface area (Å²) >= 11 is 0.917. The Kier molecular flexibility index (Phi) is 2.86. The molecule has 5 nitrogen and oxygen atoms in total. The fraction of sp³-hybridized carbons (Fsp3) is 0. The van der Waals surface area contributed by atoms with Crippen LogP contribution in [-0.2, 0) is 0 Å². The van der Waals surface area contributed by atoms with Crippen molar-refractivity contribution in [1.29, 1.82) is 5.41 Å². The molecule has 0 aliphatic heterocycles. The predicted octanol–water partition coefficient (Wildman–Crippen LogP) is 0.765. The second-order valence-electron chi connectivity index (χ2n) is 2.15. The average Bonchev–Trinajstić information content (AvgIpc) is 2.03. The minimum absolute atomic E-state index is 0.116. The van der Waals surface area contributed by atoms with Gasteiger partial charge in [-0.2, -0.15) is 0 Å². The van der Waals surface area contributed by atoms with Gasteiger partial charge in [-0.15, -0.1) is 0 Å². The molecule has 1 aromatic rings. The number of hydrogen-bond donors (Lipinski definition) is 3. The van der Waals surface area contributed by atoms with E-state index in [1.54, 1.807) is 0 Å². The van der Waals surface area contributed by atoms with E-state index in [0.717, 1.165) is 11.8 Å². The molecule has 1 rings (SSSR count). The molecule has 0 fully saturated rings. The van der Waals surface area contributed by atoms with Crippen molar-refractivity contribution in [3.8, 4) is 0 Å². The first-order chi connectivity index (χ1) is 6.09. The lowest BCUT2D eigenvalue weighted by molar-refractivity contribution is 0.0696. The Hall–Kier alpha value is -1.56. The summed E-state index contributed by atoms with van der Waals surface area (Å²) < 4.78 is 0. The van der Waals surface area contributed by atoms with Crippen molar-refractivity contribution in [2.75, 3.05) is 0 Å². The molecule has 0 saturated carbocycles. The Morgan fingerprint density at radius 2 is 2.38 bits per heavy atom. The molecule has 0 aliphatic rings. The second kappa shape index (κ2) is 3.90. The van der Waals surface area contributed by atoms with E-state index in [1.165, 1.54) is 18.3 Å². The minimum Gasteiger partial charge on any atom is -0.478 e. The minimum atomic E-state index is -1.02. The predicted molar refractivity (Wildman–Crippen MR) is 49.0 cm³/mol. The monoisotopic (exact) mass is 197 g/mol. The first kappa shape index (κ1) is 9.53. The van der Waals surface area contributed by atoms with Gasteiger partial charge in [-0.1, -0.05) is 0 Å². The summed E-state index contributed by atoms with van der Waals surface area (Å²) in [4.78, 5) is 14.4. The van der Waals surface area contributed by atoms with Crippen molar-refractivity contribution in [2.45, 2.75) is 5.03 Å². The highest BCUT2D eigenvalue weighted by molar-refractivity contribution is 8.13. The number of pyridine rings is 1. The number of thioether (sulfide) groups is 1. The van der Waals surface area contributed by atoms with E-state index in [2.05, 4.69) is 4.98 Å². The number of aromatic carboxylic acids is 1. The normalized spacial score (nSPS) is 9.54. The van der Waals surface area contributed by atoms with Crippen molar-refractivity contribution in [2.24, 2.45) is 5.73 Å². The molecule has 0 atom stereocenters. The van der Waals surface area contributed by atoms with Crippen LogP contribution in [0.4, 0.5) is 0 Å². The first-order valence-electron chi connectivity index (χ1n) is 3.31. The van der Waals surface area contributed by atoms with Gasteiger partial charge in [0.25, 0.3) is 0 Å². The molecule has 68 valence electrons. The number of nitrogens with two attached hydrogens (primary N) is 1. The smallest absolute Gasteiger partial charge is 0.335 e. The zero-order valence-corrected chi connectivity index (χ0v) is 7.34. The van der Waals surface area contributed by atoms with Crippen LogP contribution < -0.4 is 5.73 Å². The number of hydrogen-bond acceptors (Lipinski definition) is 4. The maximum Gasteiger partial charge on any atom is 0.335 e. The second-order valence-corrected chi connectivity index (χ2v) is 3.22. The van der Waals surface area contributed by atoms with Gasteiger partial charge >= 0.3 is 5.97 Å². The molecular formula is C7H7N3O2S. The SMILES string of the molecule is N=C(N)Sc1cc(C(=O)O)ccn1. The van der Waals surface area contributed by atoms with Crippen LogP contribution in [0, 0.1) is 5.41 Å². The summed E-state index contributed by atoms with van der Waals surface area (Å²) in [6.45, 7) is 0. The molecule has 0 radical (unpaired) electrons. The zero-order valence-electron chi connectivity index (χ0n) is 6.52. The summed E-state index contributed by atoms with van der Waals surface area (Å²) in [6, 6.07) is 2.75. The molecule has 1 heterocycles. The van der Waals surface area contributed by atoms with E-state index in [4.69, 9.17) is 16.2 Å². The number of nitrogens with one attached hydrogen (secondary N) is 1. The van der Waals surface area contributed by atoms with Crippen molar-refractivity contribution < 1.29 is 9.90 Å². The van der Waals surface area contributed by atoms with Crippen LogP contribution in [0.2, 0.25) is 0 Å². The van der Waals surface area contributed by atoms with Gasteiger partial charge < -0.3 is 10.8 Å². The highest BCUT2D eigenvalue weighted by Crippen LogP contribution is 2.15. The third-order valence-electron chi connectivity index (χ3n) is 1.20. The Morgan fingerprint density at radius 3 is 2.92 bits per heavy atom. The maximum absolute atomic E-state index is 10.5. The molecule has 0 aromatic carbocycles.